The monoisotopic (exact) mass is 638 g/mol. The zero-order chi connectivity index (χ0) is 33.5. The summed E-state index contributed by atoms with van der Waals surface area (Å²) in [6.45, 7) is 16.6. The van der Waals surface area contributed by atoms with Crippen molar-refractivity contribution < 1.29 is 45.2 Å². The molecule has 5 aliphatic rings. The Morgan fingerprint density at radius 2 is 1.62 bits per heavy atom. The van der Waals surface area contributed by atoms with Gasteiger partial charge in [0.15, 0.2) is 6.29 Å². The molecule has 1 aliphatic heterocycles. The third-order valence-corrected chi connectivity index (χ3v) is 14.5. The normalized spacial score (nSPS) is 49.4. The molecule has 15 atom stereocenters. The Hall–Kier alpha value is -0.620. The van der Waals surface area contributed by atoms with E-state index >= 15 is 0 Å². The van der Waals surface area contributed by atoms with Crippen LogP contribution >= 0.6 is 0 Å². The van der Waals surface area contributed by atoms with Gasteiger partial charge in [-0.3, -0.25) is 0 Å². The van der Waals surface area contributed by atoms with Gasteiger partial charge in [-0.05, 0) is 99.7 Å². The molecule has 0 aromatic heterocycles. The van der Waals surface area contributed by atoms with Gasteiger partial charge in [-0.1, -0.05) is 53.2 Å². The number of aliphatic hydroxyl groups is 7. The Bertz CT molecular complexity index is 1100. The Labute approximate surface area is 270 Å². The van der Waals surface area contributed by atoms with E-state index in [-0.39, 0.29) is 28.3 Å². The maximum atomic E-state index is 12.2. The van der Waals surface area contributed by atoms with Gasteiger partial charge in [0.2, 0.25) is 0 Å². The van der Waals surface area contributed by atoms with Crippen molar-refractivity contribution in [2.75, 3.05) is 6.61 Å². The van der Waals surface area contributed by atoms with E-state index in [9.17, 15) is 35.7 Å². The van der Waals surface area contributed by atoms with Crippen molar-refractivity contribution >= 4 is 0 Å². The van der Waals surface area contributed by atoms with Crippen molar-refractivity contribution in [3.63, 3.8) is 0 Å². The zero-order valence-corrected chi connectivity index (χ0v) is 28.8. The van der Waals surface area contributed by atoms with E-state index in [0.29, 0.717) is 30.6 Å². The van der Waals surface area contributed by atoms with Gasteiger partial charge < -0.3 is 45.2 Å². The lowest BCUT2D eigenvalue weighted by Gasteiger charge is -2.67. The van der Waals surface area contributed by atoms with Crippen molar-refractivity contribution in [1.29, 1.82) is 0 Å². The van der Waals surface area contributed by atoms with Gasteiger partial charge in [-0.25, -0.2) is 0 Å². The number of hydrogen-bond donors (Lipinski definition) is 7. The average molecular weight is 639 g/mol. The van der Waals surface area contributed by atoms with Crippen molar-refractivity contribution in [2.45, 2.75) is 161 Å². The highest BCUT2D eigenvalue weighted by atomic mass is 16.7. The summed E-state index contributed by atoms with van der Waals surface area (Å²) in [6, 6.07) is 0. The molecule has 1 heterocycles. The van der Waals surface area contributed by atoms with E-state index in [2.05, 4.69) is 47.6 Å². The first-order chi connectivity index (χ1) is 20.7. The van der Waals surface area contributed by atoms with Crippen LogP contribution in [0.5, 0.6) is 0 Å². The molecule has 9 nitrogen and oxygen atoms in total. The Morgan fingerprint density at radius 1 is 0.956 bits per heavy atom. The largest absolute Gasteiger partial charge is 0.394 e. The van der Waals surface area contributed by atoms with Gasteiger partial charge in [-0.15, -0.1) is 0 Å². The van der Waals surface area contributed by atoms with Crippen LogP contribution in [0.2, 0.25) is 0 Å². The number of rotatable bonds is 8. The number of allylic oxidation sites excluding steroid dienone is 1. The first-order valence-electron chi connectivity index (χ1n) is 17.5. The molecule has 0 bridgehead atoms. The third-order valence-electron chi connectivity index (χ3n) is 14.5. The molecular weight excluding hydrogens is 576 g/mol. The van der Waals surface area contributed by atoms with E-state index < -0.39 is 60.5 Å². The maximum Gasteiger partial charge on any atom is 0.187 e. The average Bonchev–Trinajstić information content (AvgIpc) is 3.23. The lowest BCUT2D eigenvalue weighted by atomic mass is 9.38. The molecule has 0 aromatic rings. The van der Waals surface area contributed by atoms with Gasteiger partial charge in [0.1, 0.15) is 24.4 Å². The molecule has 0 amide bonds. The SMILES string of the molecule is C[C@H](CC[C@@H](O)C(C)(C)O)[C@H]1CC[C@]2(C)[C@@H]3CC=C4[C@@H](CC[C@H](O[C@@H]5O[C@H](CO)[C@@H](O)[C@H](O)[C@H]5O)C4(C)C)[C@@]3(C)[C@H](O)C[C@@]12C. The Kier molecular flexibility index (Phi) is 9.56. The molecule has 5 rings (SSSR count). The molecule has 45 heavy (non-hydrogen) atoms. The van der Waals surface area contributed by atoms with E-state index in [0.717, 1.165) is 38.5 Å². The smallest absolute Gasteiger partial charge is 0.187 e. The molecule has 0 radical (unpaired) electrons. The zero-order valence-electron chi connectivity index (χ0n) is 28.8. The second-order valence-electron chi connectivity index (χ2n) is 17.4. The van der Waals surface area contributed by atoms with Gasteiger partial charge in [0.25, 0.3) is 0 Å². The summed E-state index contributed by atoms with van der Waals surface area (Å²) in [4.78, 5) is 0. The Morgan fingerprint density at radius 3 is 2.24 bits per heavy atom. The summed E-state index contributed by atoms with van der Waals surface area (Å²) in [5.41, 5.74) is -0.568. The minimum absolute atomic E-state index is 0.0417. The molecule has 3 saturated carbocycles. The highest BCUT2D eigenvalue weighted by Crippen LogP contribution is 2.75. The summed E-state index contributed by atoms with van der Waals surface area (Å²) in [5, 5.41) is 73.9. The van der Waals surface area contributed by atoms with E-state index in [1.54, 1.807) is 13.8 Å². The fourth-order valence-electron chi connectivity index (χ4n) is 11.2. The summed E-state index contributed by atoms with van der Waals surface area (Å²) in [5.74, 6) is 1.29. The molecule has 7 N–H and O–H groups in total. The van der Waals surface area contributed by atoms with E-state index in [1.807, 2.05) is 0 Å². The van der Waals surface area contributed by atoms with Crippen LogP contribution < -0.4 is 0 Å². The predicted octanol–water partition coefficient (Wildman–Crippen LogP) is 3.30. The third kappa shape index (κ3) is 5.48. The van der Waals surface area contributed by atoms with Crippen LogP contribution in [0.15, 0.2) is 11.6 Å². The fraction of sp³-hybridized carbons (Fsp3) is 0.944. The van der Waals surface area contributed by atoms with Crippen LogP contribution in [-0.4, -0.2) is 97.0 Å². The molecule has 260 valence electrons. The van der Waals surface area contributed by atoms with Gasteiger partial charge in [0.05, 0.1) is 30.5 Å². The molecule has 9 heteroatoms. The number of ether oxygens (including phenoxy) is 2. The molecular formula is C36H62O9. The minimum atomic E-state index is -1.48. The van der Waals surface area contributed by atoms with Crippen LogP contribution in [0.3, 0.4) is 0 Å². The topological polar surface area (TPSA) is 160 Å². The molecule has 0 aromatic carbocycles. The van der Waals surface area contributed by atoms with Crippen LogP contribution in [0, 0.1) is 45.3 Å². The van der Waals surface area contributed by atoms with E-state index in [4.69, 9.17) is 9.47 Å². The highest BCUT2D eigenvalue weighted by molar-refractivity contribution is 5.31. The first-order valence-corrected chi connectivity index (χ1v) is 17.5. The minimum Gasteiger partial charge on any atom is -0.394 e. The summed E-state index contributed by atoms with van der Waals surface area (Å²) >= 11 is 0. The van der Waals surface area contributed by atoms with Crippen LogP contribution in [0.25, 0.3) is 0 Å². The highest BCUT2D eigenvalue weighted by Gasteiger charge is 2.70. The van der Waals surface area contributed by atoms with Crippen LogP contribution in [0.4, 0.5) is 0 Å². The molecule has 0 spiro atoms. The van der Waals surface area contributed by atoms with Crippen molar-refractivity contribution in [1.82, 2.24) is 0 Å². The summed E-state index contributed by atoms with van der Waals surface area (Å²) in [6.07, 6.45) is 1.08. The summed E-state index contributed by atoms with van der Waals surface area (Å²) in [7, 11) is 0. The van der Waals surface area contributed by atoms with Gasteiger partial charge in [-0.2, -0.15) is 0 Å². The molecule has 0 unspecified atom stereocenters. The second-order valence-corrected chi connectivity index (χ2v) is 17.4. The van der Waals surface area contributed by atoms with Crippen molar-refractivity contribution in [3.05, 3.63) is 11.6 Å². The van der Waals surface area contributed by atoms with Crippen LogP contribution in [0.1, 0.15) is 107 Å². The number of hydrogen-bond acceptors (Lipinski definition) is 9. The lowest BCUT2D eigenvalue weighted by molar-refractivity contribution is -0.320. The predicted molar refractivity (Wildman–Crippen MR) is 170 cm³/mol. The fourth-order valence-corrected chi connectivity index (χ4v) is 11.2. The molecule has 4 fully saturated rings. The second kappa shape index (κ2) is 12.1. The van der Waals surface area contributed by atoms with Gasteiger partial charge in [0, 0.05) is 10.8 Å². The van der Waals surface area contributed by atoms with Crippen molar-refractivity contribution in [2.24, 2.45) is 45.3 Å². The quantitative estimate of drug-likeness (QED) is 0.198. The van der Waals surface area contributed by atoms with E-state index in [1.165, 1.54) is 5.57 Å². The molecule has 1 saturated heterocycles. The molecule has 4 aliphatic carbocycles. The summed E-state index contributed by atoms with van der Waals surface area (Å²) < 4.78 is 12.1. The van der Waals surface area contributed by atoms with Crippen LogP contribution in [-0.2, 0) is 9.47 Å². The Balaban J connectivity index is 1.37. The maximum absolute atomic E-state index is 12.2. The number of aliphatic hydroxyl groups excluding tert-OH is 6. The standard InChI is InChI=1S/C36H62O9/c1-19(9-13-25(38)33(4,5)43)20-15-16-34(6)24-12-10-21-22(36(24,8)26(39)17-35(20,34)7)11-14-27(32(21,2)3)45-31-30(42)29(41)28(40)23(18-37)44-31/h10,19-20,22-31,37-43H,9,11-18H2,1-8H3/t19-,20-,22-,23-,24+,25-,26-,27+,28-,29+,30-,31+,34-,35+,36-/m1/s1. The first kappa shape index (κ1) is 35.7. The lowest BCUT2D eigenvalue weighted by Crippen LogP contribution is -2.65. The van der Waals surface area contributed by atoms with Crippen molar-refractivity contribution in [3.8, 4) is 0 Å². The van der Waals surface area contributed by atoms with Gasteiger partial charge >= 0.3 is 0 Å². The number of fused-ring (bicyclic) bond motifs is 5.